The molecule has 1 saturated carbocycles. The third kappa shape index (κ3) is 12.5. The Morgan fingerprint density at radius 2 is 0.583 bits per heavy atom. The molecular weight excluding hydrogens is 409 g/mol. The summed E-state index contributed by atoms with van der Waals surface area (Å²) in [6, 6.07) is 0. The van der Waals surface area contributed by atoms with Crippen LogP contribution in [0.15, 0.2) is 0 Å². The zero-order valence-electron chi connectivity index (χ0n) is 15.2. The van der Waals surface area contributed by atoms with Gasteiger partial charge in [-0.3, -0.25) is 0 Å². The topological polar surface area (TPSA) is 0 Å². The predicted octanol–water partition coefficient (Wildman–Crippen LogP) is 9.10. The molecule has 0 N–H and O–H groups in total. The summed E-state index contributed by atoms with van der Waals surface area (Å²) < 4.78 is -3.37. The Labute approximate surface area is 175 Å². The molecule has 0 unspecified atom stereocenters. The largest absolute Gasteiger partial charge is 0.112 e. The molecule has 0 radical (unpaired) electrons. The zero-order chi connectivity index (χ0) is 18.0. The third-order valence-corrected chi connectivity index (χ3v) is 11.7. The lowest BCUT2D eigenvalue weighted by Crippen LogP contribution is -2.21. The highest BCUT2D eigenvalue weighted by Crippen LogP contribution is 3.10. The summed E-state index contributed by atoms with van der Waals surface area (Å²) >= 11 is 23.9. The van der Waals surface area contributed by atoms with Gasteiger partial charge in [-0.1, -0.05) is 96.3 Å². The maximum absolute atomic E-state index is 4.78. The second-order valence-corrected chi connectivity index (χ2v) is 34.0. The van der Waals surface area contributed by atoms with Crippen molar-refractivity contribution in [2.45, 2.75) is 114 Å². The van der Waals surface area contributed by atoms with Crippen LogP contribution in [0, 0.1) is 0 Å². The monoisotopic (exact) mass is 448 g/mol. The van der Waals surface area contributed by atoms with Gasteiger partial charge in [0.25, 0.3) is 0 Å². The molecular formula is C18H40S6. The second kappa shape index (κ2) is 10.6. The van der Waals surface area contributed by atoms with Crippen molar-refractivity contribution in [3.8, 4) is 0 Å². The van der Waals surface area contributed by atoms with Crippen LogP contribution < -0.4 is 0 Å². The van der Waals surface area contributed by atoms with E-state index < -0.39 is 3.45 Å². The summed E-state index contributed by atoms with van der Waals surface area (Å²) in [4.78, 5) is 0. The van der Waals surface area contributed by atoms with Gasteiger partial charge in [0.2, 0.25) is 0 Å². The minimum atomic E-state index is -3.37. The van der Waals surface area contributed by atoms with Crippen molar-refractivity contribution in [2.24, 2.45) is 0 Å². The molecule has 0 spiro atoms. The van der Waals surface area contributed by atoms with Gasteiger partial charge in [0.05, 0.1) is 0 Å². The molecule has 0 aliphatic heterocycles. The molecule has 1 aliphatic rings. The lowest BCUT2D eigenvalue weighted by molar-refractivity contribution is 0.508. The number of rotatable bonds is 1. The molecule has 1 rings (SSSR count). The Balaban J connectivity index is 2.49. The van der Waals surface area contributed by atoms with Crippen LogP contribution >= 0.6 is 61.8 Å². The van der Waals surface area contributed by atoms with Gasteiger partial charge < -0.3 is 0 Å². The fraction of sp³-hybridized carbons (Fsp3) is 1.00. The summed E-state index contributed by atoms with van der Waals surface area (Å²) in [5.74, 6) is 0. The van der Waals surface area contributed by atoms with Crippen LogP contribution in [-0.4, -0.2) is 5.25 Å². The fourth-order valence-electron chi connectivity index (χ4n) is 3.71. The number of hydrogen-bond donors (Lipinski definition) is 5. The van der Waals surface area contributed by atoms with E-state index in [1.807, 2.05) is 0 Å². The summed E-state index contributed by atoms with van der Waals surface area (Å²) in [6.07, 6.45) is 22.8. The first-order valence-corrected chi connectivity index (χ1v) is 17.7. The van der Waals surface area contributed by atoms with Crippen molar-refractivity contribution in [1.82, 2.24) is 0 Å². The number of thiol groups is 5. The molecule has 0 bridgehead atoms. The lowest BCUT2D eigenvalue weighted by Gasteiger charge is -2.65. The second-order valence-electron chi connectivity index (χ2n) is 7.85. The van der Waals surface area contributed by atoms with Gasteiger partial charge in [0.1, 0.15) is 0 Å². The highest BCUT2D eigenvalue weighted by atomic mass is 34.3. The van der Waals surface area contributed by atoms with Gasteiger partial charge in [-0.05, 0) is 12.8 Å². The highest BCUT2D eigenvalue weighted by Gasteiger charge is 2.49. The van der Waals surface area contributed by atoms with E-state index in [1.54, 1.807) is 0 Å². The van der Waals surface area contributed by atoms with Gasteiger partial charge in [0, 0.05) is 5.25 Å². The van der Waals surface area contributed by atoms with Crippen LogP contribution in [0.25, 0.3) is 0 Å². The zero-order valence-corrected chi connectivity index (χ0v) is 20.5. The molecule has 0 heterocycles. The van der Waals surface area contributed by atoms with Crippen molar-refractivity contribution in [1.29, 1.82) is 0 Å². The van der Waals surface area contributed by atoms with Crippen molar-refractivity contribution < 1.29 is 0 Å². The molecule has 0 aromatic heterocycles. The summed E-state index contributed by atoms with van der Waals surface area (Å²) in [5, 5.41) is 0.283. The average molecular weight is 449 g/mol. The Hall–Kier alpha value is 2.10. The molecule has 0 aromatic rings. The summed E-state index contributed by atoms with van der Waals surface area (Å²) in [6.45, 7) is 0. The third-order valence-electron chi connectivity index (χ3n) is 5.30. The first kappa shape index (κ1) is 24.1. The van der Waals surface area contributed by atoms with Crippen LogP contribution in [0.4, 0.5) is 0 Å². The minimum Gasteiger partial charge on any atom is -0.112 e. The Kier molecular flexibility index (Phi) is 10.7. The Morgan fingerprint density at radius 3 is 0.792 bits per heavy atom. The maximum Gasteiger partial charge on any atom is 0.0140 e. The fourth-order valence-corrected chi connectivity index (χ4v) is 8.26. The average Bonchev–Trinajstić information content (AvgIpc) is 2.44. The quantitative estimate of drug-likeness (QED) is 0.192. The highest BCUT2D eigenvalue weighted by molar-refractivity contribution is 9.90. The van der Waals surface area contributed by atoms with E-state index >= 15 is 0 Å². The smallest absolute Gasteiger partial charge is 0.0140 e. The van der Waals surface area contributed by atoms with Gasteiger partial charge in [-0.25, -0.2) is 0 Å². The van der Waals surface area contributed by atoms with E-state index in [0.29, 0.717) is 0 Å². The molecule has 0 nitrogen and oxygen atoms in total. The molecule has 0 saturated heterocycles. The lowest BCUT2D eigenvalue weighted by atomic mass is 10.0. The van der Waals surface area contributed by atoms with Crippen LogP contribution in [0.5, 0.6) is 0 Å². The first-order chi connectivity index (χ1) is 11.1. The van der Waals surface area contributed by atoms with Crippen LogP contribution in [0.2, 0.25) is 0 Å². The Morgan fingerprint density at radius 1 is 0.375 bits per heavy atom. The van der Waals surface area contributed by atoms with E-state index in [0.717, 1.165) is 12.8 Å². The van der Waals surface area contributed by atoms with Gasteiger partial charge in [0.15, 0.2) is 0 Å². The molecule has 148 valence electrons. The van der Waals surface area contributed by atoms with Gasteiger partial charge in [-0.2, -0.15) is 0 Å². The molecule has 1 aliphatic carbocycles. The van der Waals surface area contributed by atoms with Crippen LogP contribution in [0.1, 0.15) is 109 Å². The Bertz CT molecular complexity index is 316. The van der Waals surface area contributed by atoms with Crippen molar-refractivity contribution in [3.63, 3.8) is 0 Å². The molecule has 0 aromatic carbocycles. The van der Waals surface area contributed by atoms with Crippen LogP contribution in [-0.2, 0) is 0 Å². The summed E-state index contributed by atoms with van der Waals surface area (Å²) in [7, 11) is 0. The standard InChI is InChI=1S/C18H40S6/c19-24(20,21,22,23)18-16-14-12-10-8-6-4-2-1-3-5-7-9-11-13-15-17-18/h18-23H,1-17H2. The van der Waals surface area contributed by atoms with Crippen molar-refractivity contribution in [2.75, 3.05) is 0 Å². The van der Waals surface area contributed by atoms with E-state index in [4.69, 9.17) is 58.3 Å². The molecule has 24 heavy (non-hydrogen) atoms. The normalized spacial score (nSPS) is 25.9. The van der Waals surface area contributed by atoms with Gasteiger partial charge >= 0.3 is 0 Å². The molecule has 1 fully saturated rings. The number of hydrogen-bond acceptors (Lipinski definition) is 5. The molecule has 0 amide bonds. The summed E-state index contributed by atoms with van der Waals surface area (Å²) in [5.41, 5.74) is 0. The maximum atomic E-state index is 4.78. The van der Waals surface area contributed by atoms with E-state index in [2.05, 4.69) is 0 Å². The minimum absolute atomic E-state index is 0.283. The van der Waals surface area contributed by atoms with Gasteiger partial charge in [-0.15, -0.1) is 61.8 Å². The van der Waals surface area contributed by atoms with Crippen molar-refractivity contribution >= 4 is 61.8 Å². The van der Waals surface area contributed by atoms with Crippen LogP contribution in [0.3, 0.4) is 0 Å². The van der Waals surface area contributed by atoms with E-state index in [9.17, 15) is 0 Å². The van der Waals surface area contributed by atoms with E-state index in [-0.39, 0.29) is 5.25 Å². The predicted molar refractivity (Wildman–Crippen MR) is 135 cm³/mol. The van der Waals surface area contributed by atoms with Crippen molar-refractivity contribution in [3.05, 3.63) is 0 Å². The molecule has 0 atom stereocenters. The van der Waals surface area contributed by atoms with E-state index in [1.165, 1.54) is 96.3 Å². The molecule has 6 heteroatoms. The SMILES string of the molecule is SS(S)(S)(S)(S)C1CCCCCCCCCCCCCCCCC1. The first-order valence-electron chi connectivity index (χ1n) is 9.97.